The molecule has 4 bridgehead atoms. The third kappa shape index (κ3) is 3.36. The Morgan fingerprint density at radius 3 is 2.35 bits per heavy atom. The summed E-state index contributed by atoms with van der Waals surface area (Å²) in [6.07, 6.45) is 9.04. The molecule has 5 nitrogen and oxygen atoms in total. The number of pyridine rings is 1. The topological polar surface area (TPSA) is 59.5 Å². The molecule has 4 aliphatic carbocycles. The van der Waals surface area contributed by atoms with Gasteiger partial charge in [-0.15, -0.1) is 0 Å². The maximum Gasteiger partial charge on any atom is 0.307 e. The highest BCUT2D eigenvalue weighted by atomic mass is 16.5. The molecule has 1 aromatic heterocycles. The van der Waals surface area contributed by atoms with E-state index in [9.17, 15) is 9.59 Å². The molecule has 0 N–H and O–H groups in total. The molecule has 0 aliphatic heterocycles. The Morgan fingerprint density at radius 2 is 1.81 bits per heavy atom. The molecule has 0 saturated heterocycles. The molecule has 0 unspecified atom stereocenters. The largest absolute Gasteiger partial charge is 0.469 e. The van der Waals surface area contributed by atoms with Crippen LogP contribution in [0.2, 0.25) is 0 Å². The van der Waals surface area contributed by atoms with Crippen molar-refractivity contribution >= 4 is 11.9 Å². The molecule has 1 heterocycles. The molecule has 1 amide bonds. The van der Waals surface area contributed by atoms with E-state index < -0.39 is 0 Å². The lowest BCUT2D eigenvalue weighted by molar-refractivity contribution is -0.159. The first-order valence-corrected chi connectivity index (χ1v) is 9.84. The van der Waals surface area contributed by atoms with E-state index in [0.29, 0.717) is 13.1 Å². The molecule has 0 aromatic carbocycles. The van der Waals surface area contributed by atoms with Gasteiger partial charge in [0.25, 0.3) is 0 Å². The molecule has 5 heteroatoms. The number of methoxy groups -OCH3 is 1. The van der Waals surface area contributed by atoms with Crippen LogP contribution >= 0.6 is 0 Å². The minimum Gasteiger partial charge on any atom is -0.469 e. The molecule has 0 radical (unpaired) electrons. The smallest absolute Gasteiger partial charge is 0.307 e. The van der Waals surface area contributed by atoms with Crippen LogP contribution in [0.5, 0.6) is 0 Å². The summed E-state index contributed by atoms with van der Waals surface area (Å²) in [5.74, 6) is 2.15. The van der Waals surface area contributed by atoms with Gasteiger partial charge < -0.3 is 9.64 Å². The molecule has 26 heavy (non-hydrogen) atoms. The normalized spacial score (nSPS) is 31.7. The van der Waals surface area contributed by atoms with Crippen LogP contribution in [-0.2, 0) is 20.9 Å². The summed E-state index contributed by atoms with van der Waals surface area (Å²) in [4.78, 5) is 31.6. The van der Waals surface area contributed by atoms with Gasteiger partial charge in [0.1, 0.15) is 0 Å². The number of amides is 1. The van der Waals surface area contributed by atoms with Crippen LogP contribution < -0.4 is 0 Å². The first-order chi connectivity index (χ1) is 12.6. The first-order valence-electron chi connectivity index (χ1n) is 9.84. The molecular weight excluding hydrogens is 328 g/mol. The molecule has 140 valence electrons. The zero-order chi connectivity index (χ0) is 18.1. The van der Waals surface area contributed by atoms with Crippen LogP contribution in [0, 0.1) is 23.2 Å². The van der Waals surface area contributed by atoms with Crippen LogP contribution in [-0.4, -0.2) is 35.4 Å². The maximum absolute atomic E-state index is 13.6. The van der Waals surface area contributed by atoms with Crippen LogP contribution in [0.4, 0.5) is 0 Å². The highest BCUT2D eigenvalue weighted by Crippen LogP contribution is 2.60. The van der Waals surface area contributed by atoms with Crippen molar-refractivity contribution in [2.24, 2.45) is 23.2 Å². The van der Waals surface area contributed by atoms with Crippen molar-refractivity contribution in [1.29, 1.82) is 0 Å². The summed E-state index contributed by atoms with van der Waals surface area (Å²) >= 11 is 0. The number of carbonyl (C=O) groups is 2. The molecule has 0 atom stereocenters. The third-order valence-electron chi connectivity index (χ3n) is 6.67. The average Bonchev–Trinajstić information content (AvgIpc) is 2.64. The van der Waals surface area contributed by atoms with Crippen molar-refractivity contribution < 1.29 is 14.3 Å². The van der Waals surface area contributed by atoms with Gasteiger partial charge in [-0.25, -0.2) is 0 Å². The van der Waals surface area contributed by atoms with E-state index in [1.165, 1.54) is 26.4 Å². The summed E-state index contributed by atoms with van der Waals surface area (Å²) in [7, 11) is 1.40. The first kappa shape index (κ1) is 17.5. The number of ether oxygens (including phenoxy) is 1. The Bertz CT molecular complexity index is 638. The van der Waals surface area contributed by atoms with Crippen molar-refractivity contribution in [2.75, 3.05) is 13.7 Å². The highest BCUT2D eigenvalue weighted by Gasteiger charge is 2.55. The monoisotopic (exact) mass is 356 g/mol. The van der Waals surface area contributed by atoms with Gasteiger partial charge in [0, 0.05) is 12.7 Å². The summed E-state index contributed by atoms with van der Waals surface area (Å²) in [5, 5.41) is 0. The maximum atomic E-state index is 13.6. The minimum atomic E-state index is -0.269. The predicted octanol–water partition coefficient (Wildman–Crippen LogP) is 3.19. The van der Waals surface area contributed by atoms with E-state index in [2.05, 4.69) is 4.98 Å². The predicted molar refractivity (Wildman–Crippen MR) is 96.9 cm³/mol. The Labute approximate surface area is 155 Å². The fourth-order valence-corrected chi connectivity index (χ4v) is 5.98. The zero-order valence-electron chi connectivity index (χ0n) is 15.5. The molecular formula is C21H28N2O3. The van der Waals surface area contributed by atoms with E-state index in [1.54, 1.807) is 6.20 Å². The molecule has 1 aromatic rings. The minimum absolute atomic E-state index is 0.195. The molecule has 4 fully saturated rings. The number of carbonyl (C=O) groups excluding carboxylic acids is 2. The van der Waals surface area contributed by atoms with Gasteiger partial charge in [0.15, 0.2) is 0 Å². The fourth-order valence-electron chi connectivity index (χ4n) is 5.98. The van der Waals surface area contributed by atoms with Gasteiger partial charge in [0.2, 0.25) is 5.91 Å². The van der Waals surface area contributed by atoms with Gasteiger partial charge in [-0.1, -0.05) is 6.07 Å². The molecule has 4 aliphatic rings. The van der Waals surface area contributed by atoms with Crippen LogP contribution in [0.3, 0.4) is 0 Å². The summed E-state index contributed by atoms with van der Waals surface area (Å²) in [6.45, 7) is 0.877. The van der Waals surface area contributed by atoms with Crippen molar-refractivity contribution in [2.45, 2.75) is 51.5 Å². The average molecular weight is 356 g/mol. The number of rotatable bonds is 6. The Kier molecular flexibility index (Phi) is 4.72. The van der Waals surface area contributed by atoms with E-state index in [0.717, 1.165) is 42.7 Å². The Hall–Kier alpha value is -1.91. The van der Waals surface area contributed by atoms with Gasteiger partial charge in [-0.3, -0.25) is 14.6 Å². The summed E-state index contributed by atoms with van der Waals surface area (Å²) in [5.41, 5.74) is 0.676. The van der Waals surface area contributed by atoms with Crippen LogP contribution in [0.15, 0.2) is 24.4 Å². The van der Waals surface area contributed by atoms with E-state index >= 15 is 0 Å². The lowest BCUT2D eigenvalue weighted by Crippen LogP contribution is -2.54. The van der Waals surface area contributed by atoms with E-state index in [1.807, 2.05) is 23.1 Å². The molecule has 4 saturated carbocycles. The number of esters is 1. The number of nitrogens with zero attached hydrogens (tertiary/aromatic N) is 2. The van der Waals surface area contributed by atoms with Crippen molar-refractivity contribution in [3.8, 4) is 0 Å². The highest BCUT2D eigenvalue weighted by molar-refractivity contribution is 5.84. The Morgan fingerprint density at radius 1 is 1.15 bits per heavy atom. The van der Waals surface area contributed by atoms with Crippen molar-refractivity contribution in [3.05, 3.63) is 30.1 Å². The third-order valence-corrected chi connectivity index (χ3v) is 6.67. The molecule has 0 spiro atoms. The summed E-state index contributed by atoms with van der Waals surface area (Å²) < 4.78 is 4.79. The fraction of sp³-hybridized carbons (Fsp3) is 0.667. The van der Waals surface area contributed by atoms with E-state index in [4.69, 9.17) is 4.74 Å². The molecule has 5 rings (SSSR count). The zero-order valence-corrected chi connectivity index (χ0v) is 15.5. The van der Waals surface area contributed by atoms with Gasteiger partial charge in [-0.2, -0.15) is 0 Å². The summed E-state index contributed by atoms with van der Waals surface area (Å²) in [6, 6.07) is 5.76. The quantitative estimate of drug-likeness (QED) is 0.735. The Balaban J connectivity index is 1.54. The second-order valence-electron chi connectivity index (χ2n) is 8.57. The van der Waals surface area contributed by atoms with Crippen LogP contribution in [0.1, 0.15) is 50.6 Å². The van der Waals surface area contributed by atoms with Crippen molar-refractivity contribution in [3.63, 3.8) is 0 Å². The van der Waals surface area contributed by atoms with Gasteiger partial charge >= 0.3 is 5.97 Å². The van der Waals surface area contributed by atoms with Crippen LogP contribution in [0.25, 0.3) is 0 Å². The standard InChI is InChI=1S/C21H28N2O3/c1-26-19(24)5-7-23(14-18-4-2-3-6-22-18)20(25)21-11-15-8-16(12-21)10-17(9-15)13-21/h2-4,6,15-17H,5,7-14H2,1H3. The second kappa shape index (κ2) is 7.01. The lowest BCUT2D eigenvalue weighted by atomic mass is 9.49. The number of hydrogen-bond donors (Lipinski definition) is 0. The van der Waals surface area contributed by atoms with Gasteiger partial charge in [0.05, 0.1) is 31.2 Å². The van der Waals surface area contributed by atoms with Crippen molar-refractivity contribution in [1.82, 2.24) is 9.88 Å². The number of aromatic nitrogens is 1. The second-order valence-corrected chi connectivity index (χ2v) is 8.57. The van der Waals surface area contributed by atoms with E-state index in [-0.39, 0.29) is 23.7 Å². The SMILES string of the molecule is COC(=O)CCN(Cc1ccccn1)C(=O)C12CC3CC(CC(C3)C1)C2. The lowest BCUT2D eigenvalue weighted by Gasteiger charge is -2.56. The number of hydrogen-bond acceptors (Lipinski definition) is 4. The van der Waals surface area contributed by atoms with Gasteiger partial charge in [-0.05, 0) is 68.4 Å².